The molecular formula is C22H22N4O6S. The normalized spacial score (nSPS) is 15.1. The minimum absolute atomic E-state index is 0.0661. The van der Waals surface area contributed by atoms with Crippen molar-refractivity contribution >= 4 is 38.4 Å². The van der Waals surface area contributed by atoms with Crippen LogP contribution >= 0.6 is 0 Å². The van der Waals surface area contributed by atoms with E-state index >= 15 is 0 Å². The van der Waals surface area contributed by atoms with Crippen molar-refractivity contribution in [3.8, 4) is 5.75 Å². The zero-order valence-corrected chi connectivity index (χ0v) is 18.6. The Labute approximate surface area is 190 Å². The molecule has 1 heterocycles. The molecule has 1 saturated heterocycles. The van der Waals surface area contributed by atoms with E-state index in [-0.39, 0.29) is 36.9 Å². The number of hydrogen-bond acceptors (Lipinski definition) is 8. The smallest absolute Gasteiger partial charge is 0.295 e. The standard InChI is InChI=1S/C22H22N4O6S/c1-31-22-9-6-16-4-2-3-5-18(16)19(22)15-23-24-20-8-7-17(14-21(20)26(27)28)33(29,30)25-10-12-32-13-11-25/h2-9,14-15,24H,10-13H2,1H3/b23-15+. The van der Waals surface area contributed by atoms with Crippen LogP contribution in [0, 0.1) is 10.1 Å². The van der Waals surface area contributed by atoms with Crippen molar-refractivity contribution in [2.75, 3.05) is 38.8 Å². The second kappa shape index (κ2) is 9.53. The molecule has 0 unspecified atom stereocenters. The lowest BCUT2D eigenvalue weighted by molar-refractivity contribution is -0.384. The van der Waals surface area contributed by atoms with Crippen molar-refractivity contribution in [3.05, 3.63) is 70.3 Å². The van der Waals surface area contributed by atoms with E-state index in [9.17, 15) is 18.5 Å². The summed E-state index contributed by atoms with van der Waals surface area (Å²) in [5, 5.41) is 17.7. The van der Waals surface area contributed by atoms with Crippen LogP contribution in [0.1, 0.15) is 5.56 Å². The van der Waals surface area contributed by atoms with Gasteiger partial charge in [0.2, 0.25) is 10.0 Å². The van der Waals surface area contributed by atoms with Gasteiger partial charge in [-0.25, -0.2) is 8.42 Å². The fourth-order valence-corrected chi connectivity index (χ4v) is 5.04. The largest absolute Gasteiger partial charge is 0.496 e. The molecule has 1 fully saturated rings. The number of hydrazone groups is 1. The molecule has 0 amide bonds. The van der Waals surface area contributed by atoms with E-state index in [0.717, 1.165) is 16.8 Å². The molecule has 0 atom stereocenters. The number of benzene rings is 3. The zero-order valence-electron chi connectivity index (χ0n) is 17.8. The molecule has 33 heavy (non-hydrogen) atoms. The van der Waals surface area contributed by atoms with Crippen molar-refractivity contribution < 1.29 is 22.8 Å². The van der Waals surface area contributed by atoms with Gasteiger partial charge in [0.25, 0.3) is 5.69 Å². The number of ether oxygens (including phenoxy) is 2. The van der Waals surface area contributed by atoms with Crippen molar-refractivity contribution in [3.63, 3.8) is 0 Å². The van der Waals surface area contributed by atoms with Gasteiger partial charge in [-0.15, -0.1) is 0 Å². The number of nitrogens with one attached hydrogen (secondary N) is 1. The maximum Gasteiger partial charge on any atom is 0.295 e. The molecule has 1 N–H and O–H groups in total. The van der Waals surface area contributed by atoms with Gasteiger partial charge in [-0.3, -0.25) is 15.5 Å². The van der Waals surface area contributed by atoms with E-state index in [1.54, 1.807) is 7.11 Å². The molecule has 0 aliphatic carbocycles. The summed E-state index contributed by atoms with van der Waals surface area (Å²) in [6.07, 6.45) is 1.52. The summed E-state index contributed by atoms with van der Waals surface area (Å²) in [7, 11) is -2.32. The summed E-state index contributed by atoms with van der Waals surface area (Å²) in [5.41, 5.74) is 3.04. The van der Waals surface area contributed by atoms with Gasteiger partial charge in [-0.05, 0) is 29.0 Å². The maximum absolute atomic E-state index is 12.9. The molecule has 4 rings (SSSR count). The maximum atomic E-state index is 12.9. The third kappa shape index (κ3) is 4.65. The number of nitrogens with zero attached hydrogens (tertiary/aromatic N) is 3. The van der Waals surface area contributed by atoms with Crippen LogP contribution < -0.4 is 10.2 Å². The highest BCUT2D eigenvalue weighted by Gasteiger charge is 2.28. The van der Waals surface area contributed by atoms with Crippen LogP contribution in [0.5, 0.6) is 5.75 Å². The van der Waals surface area contributed by atoms with Gasteiger partial charge >= 0.3 is 0 Å². The van der Waals surface area contributed by atoms with Crippen molar-refractivity contribution in [1.82, 2.24) is 4.31 Å². The quantitative estimate of drug-likeness (QED) is 0.319. The summed E-state index contributed by atoms with van der Waals surface area (Å²) < 4.78 is 37.6. The van der Waals surface area contributed by atoms with Gasteiger partial charge in [0.1, 0.15) is 11.4 Å². The lowest BCUT2D eigenvalue weighted by Gasteiger charge is -2.26. The number of nitro benzene ring substituents is 1. The Hall–Kier alpha value is -3.54. The zero-order chi connectivity index (χ0) is 23.4. The minimum Gasteiger partial charge on any atom is -0.496 e. The number of methoxy groups -OCH3 is 1. The van der Waals surface area contributed by atoms with E-state index in [0.29, 0.717) is 11.3 Å². The molecule has 0 saturated carbocycles. The molecule has 10 nitrogen and oxygen atoms in total. The molecule has 0 bridgehead atoms. The third-order valence-corrected chi connectivity index (χ3v) is 7.20. The molecule has 172 valence electrons. The predicted molar refractivity (Wildman–Crippen MR) is 124 cm³/mol. The van der Waals surface area contributed by atoms with Crippen LogP contribution in [0.4, 0.5) is 11.4 Å². The lowest BCUT2D eigenvalue weighted by Crippen LogP contribution is -2.40. The van der Waals surface area contributed by atoms with Crippen molar-refractivity contribution in [1.29, 1.82) is 0 Å². The topological polar surface area (TPSA) is 123 Å². The number of hydrogen-bond donors (Lipinski definition) is 1. The highest BCUT2D eigenvalue weighted by molar-refractivity contribution is 7.89. The van der Waals surface area contributed by atoms with Crippen LogP contribution in [0.15, 0.2) is 64.6 Å². The van der Waals surface area contributed by atoms with Crippen molar-refractivity contribution in [2.24, 2.45) is 5.10 Å². The summed E-state index contributed by atoms with van der Waals surface area (Å²) in [6, 6.07) is 15.1. The first-order valence-electron chi connectivity index (χ1n) is 10.1. The van der Waals surface area contributed by atoms with Gasteiger partial charge in [-0.1, -0.05) is 30.3 Å². The molecular weight excluding hydrogens is 448 g/mol. The number of anilines is 1. The Morgan fingerprint density at radius 3 is 2.64 bits per heavy atom. The Kier molecular flexibility index (Phi) is 6.54. The van der Waals surface area contributed by atoms with Crippen LogP contribution in [0.2, 0.25) is 0 Å². The molecule has 11 heteroatoms. The van der Waals surface area contributed by atoms with Crippen LogP contribution in [-0.4, -0.2) is 57.3 Å². The first-order valence-corrected chi connectivity index (χ1v) is 11.6. The van der Waals surface area contributed by atoms with Gasteiger partial charge < -0.3 is 9.47 Å². The van der Waals surface area contributed by atoms with Crippen molar-refractivity contribution in [2.45, 2.75) is 4.90 Å². The summed E-state index contributed by atoms with van der Waals surface area (Å²) in [6.45, 7) is 0.973. The third-order valence-electron chi connectivity index (χ3n) is 5.30. The summed E-state index contributed by atoms with van der Waals surface area (Å²) in [4.78, 5) is 10.9. The van der Waals surface area contributed by atoms with E-state index < -0.39 is 20.6 Å². The predicted octanol–water partition coefficient (Wildman–Crippen LogP) is 3.22. The fourth-order valence-electron chi connectivity index (χ4n) is 3.61. The number of sulfonamides is 1. The first kappa shape index (κ1) is 22.6. The second-order valence-corrected chi connectivity index (χ2v) is 9.16. The van der Waals surface area contributed by atoms with Crippen LogP contribution in [-0.2, 0) is 14.8 Å². The summed E-state index contributed by atoms with van der Waals surface area (Å²) >= 11 is 0. The Bertz CT molecular complexity index is 1320. The average Bonchev–Trinajstić information content (AvgIpc) is 2.84. The van der Waals surface area contributed by atoms with E-state index in [2.05, 4.69) is 10.5 Å². The average molecular weight is 471 g/mol. The molecule has 1 aliphatic rings. The molecule has 3 aromatic rings. The highest BCUT2D eigenvalue weighted by Crippen LogP contribution is 2.30. The molecule has 0 spiro atoms. The van der Waals surface area contributed by atoms with Gasteiger partial charge in [0, 0.05) is 24.7 Å². The minimum atomic E-state index is -3.87. The number of morpholine rings is 1. The second-order valence-electron chi connectivity index (χ2n) is 7.23. The highest BCUT2D eigenvalue weighted by atomic mass is 32.2. The van der Waals surface area contributed by atoms with Crippen LogP contribution in [0.3, 0.4) is 0 Å². The number of nitro groups is 1. The van der Waals surface area contributed by atoms with Gasteiger partial charge in [0.05, 0.1) is 36.4 Å². The lowest BCUT2D eigenvalue weighted by atomic mass is 10.0. The van der Waals surface area contributed by atoms with Gasteiger partial charge in [-0.2, -0.15) is 9.41 Å². The van der Waals surface area contributed by atoms with Gasteiger partial charge in [0.15, 0.2) is 0 Å². The monoisotopic (exact) mass is 470 g/mol. The van der Waals surface area contributed by atoms with E-state index in [1.807, 2.05) is 36.4 Å². The summed E-state index contributed by atoms with van der Waals surface area (Å²) in [5.74, 6) is 0.598. The Morgan fingerprint density at radius 2 is 1.91 bits per heavy atom. The SMILES string of the molecule is COc1ccc2ccccc2c1/C=N/Nc1ccc(S(=O)(=O)N2CCOCC2)cc1[N+](=O)[O-]. The van der Waals surface area contributed by atoms with E-state index in [4.69, 9.17) is 9.47 Å². The molecule has 0 radical (unpaired) electrons. The molecule has 1 aliphatic heterocycles. The molecule has 3 aromatic carbocycles. The Morgan fingerprint density at radius 1 is 1.15 bits per heavy atom. The van der Waals surface area contributed by atoms with E-state index in [1.165, 1.54) is 22.7 Å². The number of rotatable bonds is 7. The Balaban J connectivity index is 1.64. The van der Waals surface area contributed by atoms with Crippen LogP contribution in [0.25, 0.3) is 10.8 Å². The number of fused-ring (bicyclic) bond motifs is 1. The molecule has 0 aromatic heterocycles. The fraction of sp³-hybridized carbons (Fsp3) is 0.227. The first-order chi connectivity index (χ1) is 15.9.